The first-order valence-corrected chi connectivity index (χ1v) is 9.80. The number of likely N-dealkylation sites (tertiary alicyclic amines) is 1. The summed E-state index contributed by atoms with van der Waals surface area (Å²) in [5.74, 6) is 0.0886. The summed E-state index contributed by atoms with van der Waals surface area (Å²) in [7, 11) is 0. The maximum absolute atomic E-state index is 13.3. The minimum absolute atomic E-state index is 0. The molecule has 2 aliphatic rings. The monoisotopic (exact) mass is 393 g/mol. The van der Waals surface area contributed by atoms with Crippen LogP contribution in [0.3, 0.4) is 0 Å². The molecule has 28 heavy (non-hydrogen) atoms. The fraction of sp³-hybridized carbons (Fsp3) is 0.391. The number of nitriles is 1. The molecule has 2 aromatic carbocycles. The Morgan fingerprint density at radius 2 is 1.82 bits per heavy atom. The van der Waals surface area contributed by atoms with E-state index in [0.29, 0.717) is 5.56 Å². The van der Waals surface area contributed by atoms with Crippen molar-refractivity contribution >= 4 is 19.4 Å². The molecule has 0 aromatic heterocycles. The van der Waals surface area contributed by atoms with Gasteiger partial charge in [0, 0.05) is 6.54 Å². The molecule has 4 rings (SSSR count). The Morgan fingerprint density at radius 3 is 2.46 bits per heavy atom. The number of nitrogens with zero attached hydrogens (tertiary/aromatic N) is 2. The molecule has 0 unspecified atom stereocenters. The summed E-state index contributed by atoms with van der Waals surface area (Å²) in [4.78, 5) is 15.7. The first-order chi connectivity index (χ1) is 13.2. The van der Waals surface area contributed by atoms with Crippen molar-refractivity contribution in [1.29, 1.82) is 5.26 Å². The topological polar surface area (TPSA) is 56.1 Å². The zero-order valence-corrected chi connectivity index (χ0v) is 17.0. The maximum Gasteiger partial charge on any atom is 0.231 e. The summed E-state index contributed by atoms with van der Waals surface area (Å²) in [6.45, 7) is 3.06. The summed E-state index contributed by atoms with van der Waals surface area (Å²) < 4.78 is 0. The summed E-state index contributed by atoms with van der Waals surface area (Å²) >= 11 is 0. The van der Waals surface area contributed by atoms with Crippen LogP contribution in [-0.2, 0) is 10.2 Å². The van der Waals surface area contributed by atoms with Gasteiger partial charge < -0.3 is 10.2 Å². The van der Waals surface area contributed by atoms with Gasteiger partial charge in [0.1, 0.15) is 0 Å². The van der Waals surface area contributed by atoms with Gasteiger partial charge >= 0.3 is 0 Å². The van der Waals surface area contributed by atoms with Crippen molar-refractivity contribution in [3.8, 4) is 6.07 Å². The van der Waals surface area contributed by atoms with Crippen molar-refractivity contribution in [3.63, 3.8) is 0 Å². The maximum atomic E-state index is 13.3. The molecule has 1 saturated heterocycles. The Bertz CT molecular complexity index is 852. The van der Waals surface area contributed by atoms with E-state index in [1.807, 2.05) is 36.4 Å². The Morgan fingerprint density at radius 1 is 1.11 bits per heavy atom. The highest BCUT2D eigenvalue weighted by molar-refractivity contribution is 7.59. The molecular weight excluding hydrogens is 366 g/mol. The third-order valence-corrected chi connectivity index (χ3v) is 5.88. The number of benzene rings is 2. The van der Waals surface area contributed by atoms with Crippen LogP contribution in [0.15, 0.2) is 54.6 Å². The highest BCUT2D eigenvalue weighted by Crippen LogP contribution is 2.49. The van der Waals surface area contributed by atoms with Gasteiger partial charge in [-0.3, -0.25) is 4.79 Å². The highest BCUT2D eigenvalue weighted by atomic mass is 32.1. The van der Waals surface area contributed by atoms with Gasteiger partial charge in [-0.15, -0.1) is 0 Å². The van der Waals surface area contributed by atoms with Crippen molar-refractivity contribution in [2.75, 3.05) is 19.6 Å². The third-order valence-electron chi connectivity index (χ3n) is 5.88. The van der Waals surface area contributed by atoms with Crippen molar-refractivity contribution in [3.05, 3.63) is 71.3 Å². The second-order valence-corrected chi connectivity index (χ2v) is 7.72. The van der Waals surface area contributed by atoms with E-state index >= 15 is 0 Å². The first kappa shape index (κ1) is 20.4. The van der Waals surface area contributed by atoms with E-state index in [-0.39, 0.29) is 25.4 Å². The second-order valence-electron chi connectivity index (χ2n) is 7.72. The van der Waals surface area contributed by atoms with Crippen molar-refractivity contribution in [1.82, 2.24) is 10.2 Å². The Balaban J connectivity index is 0.00000225. The average molecular weight is 394 g/mol. The number of hydrogen-bond acceptors (Lipinski definition) is 3. The van der Waals surface area contributed by atoms with Crippen LogP contribution in [0.4, 0.5) is 0 Å². The van der Waals surface area contributed by atoms with Gasteiger partial charge in [0.05, 0.1) is 23.1 Å². The van der Waals surface area contributed by atoms with E-state index in [9.17, 15) is 10.1 Å². The third kappa shape index (κ3) is 4.24. The van der Waals surface area contributed by atoms with Crippen LogP contribution in [0.2, 0.25) is 0 Å². The van der Waals surface area contributed by atoms with Crippen molar-refractivity contribution < 1.29 is 4.79 Å². The lowest BCUT2D eigenvalue weighted by Gasteiger charge is -2.27. The van der Waals surface area contributed by atoms with E-state index in [1.54, 1.807) is 6.07 Å². The summed E-state index contributed by atoms with van der Waals surface area (Å²) in [5.41, 5.74) is 2.26. The lowest BCUT2D eigenvalue weighted by atomic mass is 9.92. The van der Waals surface area contributed by atoms with Crippen LogP contribution in [0.5, 0.6) is 0 Å². The lowest BCUT2D eigenvalue weighted by molar-refractivity contribution is -0.124. The zero-order chi connectivity index (χ0) is 18.7. The van der Waals surface area contributed by atoms with E-state index in [2.05, 4.69) is 28.4 Å². The predicted molar refractivity (Wildman–Crippen MR) is 115 cm³/mol. The summed E-state index contributed by atoms with van der Waals surface area (Å²) in [6.07, 6.45) is 4.17. The molecule has 2 fully saturated rings. The molecule has 1 atom stereocenters. The fourth-order valence-electron chi connectivity index (χ4n) is 4.10. The van der Waals surface area contributed by atoms with Gasteiger partial charge in [-0.2, -0.15) is 18.8 Å². The van der Waals surface area contributed by atoms with E-state index < -0.39 is 5.41 Å². The lowest BCUT2D eigenvalue weighted by Crippen LogP contribution is -2.41. The number of nitrogens with one attached hydrogen (secondary N) is 1. The molecule has 1 N–H and O–H groups in total. The largest absolute Gasteiger partial charge is 0.347 e. The molecule has 1 amide bonds. The van der Waals surface area contributed by atoms with Gasteiger partial charge in [-0.25, -0.2) is 0 Å². The van der Waals surface area contributed by atoms with Crippen molar-refractivity contribution in [2.24, 2.45) is 0 Å². The van der Waals surface area contributed by atoms with Gasteiger partial charge in [-0.1, -0.05) is 42.5 Å². The van der Waals surface area contributed by atoms with Gasteiger partial charge in [0.15, 0.2) is 0 Å². The Kier molecular flexibility index (Phi) is 6.43. The Hall–Kier alpha value is -2.29. The number of rotatable bonds is 6. The minimum Gasteiger partial charge on any atom is -0.347 e. The number of amides is 1. The van der Waals surface area contributed by atoms with Crippen LogP contribution in [0, 0.1) is 11.3 Å². The number of hydrogen-bond donors (Lipinski definition) is 1. The molecule has 5 heteroatoms. The zero-order valence-electron chi connectivity index (χ0n) is 16.0. The van der Waals surface area contributed by atoms with Gasteiger partial charge in [0.25, 0.3) is 0 Å². The minimum atomic E-state index is -0.467. The first-order valence-electron chi connectivity index (χ1n) is 9.80. The summed E-state index contributed by atoms with van der Waals surface area (Å²) in [5, 5.41) is 12.5. The molecule has 146 valence electrons. The van der Waals surface area contributed by atoms with E-state index in [0.717, 1.165) is 43.6 Å². The molecule has 0 radical (unpaired) electrons. The molecule has 0 bridgehead atoms. The van der Waals surface area contributed by atoms with Crippen LogP contribution in [0.25, 0.3) is 0 Å². The second kappa shape index (κ2) is 8.81. The molecule has 4 nitrogen and oxygen atoms in total. The normalized spacial score (nSPS) is 18.5. The van der Waals surface area contributed by atoms with Crippen LogP contribution >= 0.6 is 13.5 Å². The van der Waals surface area contributed by atoms with E-state index in [1.165, 1.54) is 12.8 Å². The fourth-order valence-corrected chi connectivity index (χ4v) is 4.10. The predicted octanol–water partition coefficient (Wildman–Crippen LogP) is 3.66. The molecule has 2 aromatic rings. The SMILES string of the molecule is N#Cc1cccc(C2(C(=O)N[C@H](CN3CCCC3)c3ccccc3)CC2)c1.S. The average Bonchev–Trinajstić information content (AvgIpc) is 3.38. The van der Waals surface area contributed by atoms with Crippen LogP contribution in [0.1, 0.15) is 48.4 Å². The Labute approximate surface area is 174 Å². The standard InChI is InChI=1S/C23H25N3O.H2S/c24-16-18-7-6-10-20(15-18)23(11-12-23)22(27)25-21(17-26-13-4-5-14-26)19-8-2-1-3-9-19;/h1-3,6-10,15,21H,4-5,11-14,17H2,(H,25,27);1H2/t21-;/m1./s1. The van der Waals surface area contributed by atoms with Crippen LogP contribution < -0.4 is 5.32 Å². The van der Waals surface area contributed by atoms with Gasteiger partial charge in [0.2, 0.25) is 5.91 Å². The molecule has 0 spiro atoms. The molecule has 1 saturated carbocycles. The highest BCUT2D eigenvalue weighted by Gasteiger charge is 2.51. The van der Waals surface area contributed by atoms with E-state index in [4.69, 9.17) is 0 Å². The number of carbonyl (C=O) groups is 1. The molecule has 1 heterocycles. The summed E-state index contributed by atoms with van der Waals surface area (Å²) in [6, 6.07) is 19.9. The molecule has 1 aliphatic heterocycles. The quantitative estimate of drug-likeness (QED) is 0.815. The van der Waals surface area contributed by atoms with Crippen LogP contribution in [-0.4, -0.2) is 30.4 Å². The smallest absolute Gasteiger partial charge is 0.231 e. The van der Waals surface area contributed by atoms with Crippen molar-refractivity contribution in [2.45, 2.75) is 37.1 Å². The number of carbonyl (C=O) groups excluding carboxylic acids is 1. The molecule has 1 aliphatic carbocycles. The van der Waals surface area contributed by atoms with Gasteiger partial charge in [-0.05, 0) is 62.0 Å². The molecular formula is C23H27N3OS.